The molecule has 52 valence electrons. The first-order valence-corrected chi connectivity index (χ1v) is 2.63. The summed E-state index contributed by atoms with van der Waals surface area (Å²) in [6.07, 6.45) is 4.90. The van der Waals surface area contributed by atoms with Crippen LogP contribution in [-0.2, 0) is 4.79 Å². The Labute approximate surface area is 56.9 Å². The summed E-state index contributed by atoms with van der Waals surface area (Å²) in [5, 5.41) is 18.4. The van der Waals surface area contributed by atoms with Crippen molar-refractivity contribution >= 4 is 11.5 Å². The van der Waals surface area contributed by atoms with Crippen LogP contribution in [0.15, 0.2) is 24.3 Å². The fraction of sp³-hybridized carbons (Fsp3) is 0. The SMILES string of the molecule is O=C1C=CC(=[N+]([O-])O)C=C1. The Bertz CT molecular complexity index is 228. The van der Waals surface area contributed by atoms with Crippen molar-refractivity contribution in [2.45, 2.75) is 0 Å². The molecule has 4 nitrogen and oxygen atoms in total. The highest BCUT2D eigenvalue weighted by atomic mass is 16.8. The predicted octanol–water partition coefficient (Wildman–Crippen LogP) is 0.0220. The fourth-order valence-corrected chi connectivity index (χ4v) is 0.574. The molecule has 0 saturated heterocycles. The van der Waals surface area contributed by atoms with Gasteiger partial charge in [-0.05, 0) is 12.2 Å². The molecule has 0 aromatic carbocycles. The van der Waals surface area contributed by atoms with Gasteiger partial charge in [-0.25, -0.2) is 0 Å². The molecule has 1 aliphatic carbocycles. The molecule has 0 aromatic rings. The van der Waals surface area contributed by atoms with Gasteiger partial charge in [-0.1, -0.05) is 0 Å². The molecular weight excluding hydrogens is 134 g/mol. The van der Waals surface area contributed by atoms with Gasteiger partial charge in [-0.15, -0.1) is 0 Å². The number of carbonyl (C=O) groups is 1. The zero-order chi connectivity index (χ0) is 7.56. The molecule has 10 heavy (non-hydrogen) atoms. The Morgan fingerprint density at radius 2 is 1.80 bits per heavy atom. The number of carbonyl (C=O) groups excluding carboxylic acids is 1. The van der Waals surface area contributed by atoms with Gasteiger partial charge >= 0.3 is 0 Å². The van der Waals surface area contributed by atoms with Crippen molar-refractivity contribution in [2.75, 3.05) is 0 Å². The van der Waals surface area contributed by atoms with Crippen LogP contribution in [0.2, 0.25) is 0 Å². The lowest BCUT2D eigenvalue weighted by Gasteiger charge is -1.93. The van der Waals surface area contributed by atoms with Gasteiger partial charge in [0.2, 0.25) is 0 Å². The molecular formula is C6H5NO3. The van der Waals surface area contributed by atoms with E-state index in [1.807, 2.05) is 0 Å². The minimum atomic E-state index is -0.292. The molecule has 0 radical (unpaired) electrons. The average molecular weight is 139 g/mol. The van der Waals surface area contributed by atoms with Crippen molar-refractivity contribution in [1.29, 1.82) is 0 Å². The summed E-state index contributed by atoms with van der Waals surface area (Å²) in [7, 11) is 0. The highest BCUT2D eigenvalue weighted by Crippen LogP contribution is 1.93. The summed E-state index contributed by atoms with van der Waals surface area (Å²) in [6.45, 7) is 0. The number of ketones is 1. The van der Waals surface area contributed by atoms with Gasteiger partial charge in [0, 0.05) is 17.1 Å². The summed E-state index contributed by atoms with van der Waals surface area (Å²) in [5.74, 6) is -0.189. The molecule has 0 heterocycles. The molecule has 0 saturated carbocycles. The second kappa shape index (κ2) is 2.34. The monoisotopic (exact) mass is 139 g/mol. The zero-order valence-corrected chi connectivity index (χ0v) is 5.02. The fourth-order valence-electron chi connectivity index (χ4n) is 0.574. The third kappa shape index (κ3) is 1.22. The molecule has 0 amide bonds. The van der Waals surface area contributed by atoms with Gasteiger partial charge in [0.15, 0.2) is 5.78 Å². The minimum absolute atomic E-state index is 0.0552. The molecule has 1 rings (SSSR count). The van der Waals surface area contributed by atoms with E-state index in [4.69, 9.17) is 5.21 Å². The van der Waals surface area contributed by atoms with Gasteiger partial charge in [0.05, 0.1) is 0 Å². The summed E-state index contributed by atoms with van der Waals surface area (Å²) in [5.41, 5.74) is 0.0552. The maximum atomic E-state index is 10.4. The van der Waals surface area contributed by atoms with Crippen molar-refractivity contribution in [1.82, 2.24) is 0 Å². The van der Waals surface area contributed by atoms with Gasteiger partial charge in [0.1, 0.15) is 0 Å². The van der Waals surface area contributed by atoms with Crippen molar-refractivity contribution in [3.8, 4) is 0 Å². The van der Waals surface area contributed by atoms with Crippen LogP contribution in [0.4, 0.5) is 0 Å². The van der Waals surface area contributed by atoms with E-state index in [1.165, 1.54) is 24.3 Å². The molecule has 1 aliphatic rings. The van der Waals surface area contributed by atoms with Gasteiger partial charge in [-0.2, -0.15) is 0 Å². The Balaban J connectivity index is 2.91. The number of hydrogen-bond donors (Lipinski definition) is 1. The lowest BCUT2D eigenvalue weighted by atomic mass is 10.2. The van der Waals surface area contributed by atoms with Crippen LogP contribution >= 0.6 is 0 Å². The quantitative estimate of drug-likeness (QED) is 0.223. The van der Waals surface area contributed by atoms with Crippen LogP contribution in [0.5, 0.6) is 0 Å². The largest absolute Gasteiger partial charge is 0.417 e. The first kappa shape index (κ1) is 6.54. The van der Waals surface area contributed by atoms with Crippen molar-refractivity contribution < 1.29 is 14.9 Å². The Morgan fingerprint density at radius 3 is 2.20 bits per heavy atom. The van der Waals surface area contributed by atoms with E-state index in [-0.39, 0.29) is 16.4 Å². The van der Waals surface area contributed by atoms with E-state index in [9.17, 15) is 10.0 Å². The van der Waals surface area contributed by atoms with Crippen molar-refractivity contribution in [3.63, 3.8) is 0 Å². The van der Waals surface area contributed by atoms with E-state index in [2.05, 4.69) is 0 Å². The van der Waals surface area contributed by atoms with E-state index in [1.54, 1.807) is 0 Å². The number of nitrogens with zero attached hydrogens (tertiary/aromatic N) is 1. The van der Waals surface area contributed by atoms with Crippen LogP contribution < -0.4 is 0 Å². The average Bonchev–Trinajstić information content (AvgIpc) is 1.88. The molecule has 0 aromatic heterocycles. The van der Waals surface area contributed by atoms with Crippen LogP contribution in [0.1, 0.15) is 0 Å². The molecule has 4 heteroatoms. The number of hydrogen-bond acceptors (Lipinski definition) is 3. The Kier molecular flexibility index (Phi) is 1.53. The second-order valence-electron chi connectivity index (χ2n) is 1.77. The third-order valence-corrected chi connectivity index (χ3v) is 1.06. The van der Waals surface area contributed by atoms with Gasteiger partial charge in [-0.3, -0.25) is 10.0 Å². The summed E-state index contributed by atoms with van der Waals surface area (Å²) < 4.78 is 0. The highest BCUT2D eigenvalue weighted by molar-refractivity contribution is 6.14. The molecule has 1 N–H and O–H groups in total. The number of allylic oxidation sites excluding steroid dienone is 4. The molecule has 0 aliphatic heterocycles. The van der Waals surface area contributed by atoms with Crippen LogP contribution in [0.3, 0.4) is 0 Å². The van der Waals surface area contributed by atoms with Crippen LogP contribution in [0, 0.1) is 5.21 Å². The molecule has 0 fully saturated rings. The smallest absolute Gasteiger partial charge is 0.268 e. The molecule has 0 atom stereocenters. The maximum absolute atomic E-state index is 10.4. The van der Waals surface area contributed by atoms with Crippen LogP contribution in [0.25, 0.3) is 0 Å². The Hall–Kier alpha value is -1.58. The predicted molar refractivity (Wildman–Crippen MR) is 33.7 cm³/mol. The van der Waals surface area contributed by atoms with E-state index < -0.39 is 0 Å². The minimum Gasteiger partial charge on any atom is -0.417 e. The highest BCUT2D eigenvalue weighted by Gasteiger charge is 2.06. The third-order valence-electron chi connectivity index (χ3n) is 1.06. The van der Waals surface area contributed by atoms with E-state index in [0.717, 1.165) is 0 Å². The molecule has 0 unspecified atom stereocenters. The van der Waals surface area contributed by atoms with E-state index in [0.29, 0.717) is 0 Å². The van der Waals surface area contributed by atoms with Crippen molar-refractivity contribution in [3.05, 3.63) is 29.5 Å². The molecule has 0 bridgehead atoms. The number of rotatable bonds is 0. The first-order chi connectivity index (χ1) is 4.70. The first-order valence-electron chi connectivity index (χ1n) is 2.63. The van der Waals surface area contributed by atoms with Gasteiger partial charge < -0.3 is 5.21 Å². The van der Waals surface area contributed by atoms with Gasteiger partial charge in [0.25, 0.3) is 5.71 Å². The lowest BCUT2D eigenvalue weighted by molar-refractivity contribution is -0.725. The maximum Gasteiger partial charge on any atom is 0.268 e. The second-order valence-corrected chi connectivity index (χ2v) is 1.77. The summed E-state index contributed by atoms with van der Waals surface area (Å²) >= 11 is 0. The zero-order valence-electron chi connectivity index (χ0n) is 5.02. The molecule has 0 spiro atoms. The normalized spacial score (nSPS) is 16.0. The van der Waals surface area contributed by atoms with E-state index >= 15 is 0 Å². The topological polar surface area (TPSA) is 63.4 Å². The Morgan fingerprint density at radius 1 is 1.30 bits per heavy atom. The lowest BCUT2D eigenvalue weighted by Crippen LogP contribution is -2.10. The van der Waals surface area contributed by atoms with Crippen molar-refractivity contribution in [2.24, 2.45) is 0 Å². The summed E-state index contributed by atoms with van der Waals surface area (Å²) in [4.78, 5) is 10.1. The van der Waals surface area contributed by atoms with Crippen LogP contribution in [-0.4, -0.2) is 21.6 Å². The summed E-state index contributed by atoms with van der Waals surface area (Å²) in [6, 6.07) is 0. The standard InChI is InChI=1S/C6H5NO3/c8-6-3-1-5(2-4-6)7(9)10/h1-4H,(H,9,10).